The van der Waals surface area contributed by atoms with Gasteiger partial charge in [0.05, 0.1) is 6.04 Å². The van der Waals surface area contributed by atoms with Gasteiger partial charge in [-0.3, -0.25) is 9.59 Å². The van der Waals surface area contributed by atoms with Gasteiger partial charge in [0.15, 0.2) is 0 Å². The van der Waals surface area contributed by atoms with Crippen LogP contribution in [-0.2, 0) is 16.0 Å². The van der Waals surface area contributed by atoms with Crippen LogP contribution >= 0.6 is 11.3 Å². The molecule has 2 aromatic rings. The average molecular weight is 355 g/mol. The zero-order valence-corrected chi connectivity index (χ0v) is 15.2. The fraction of sp³-hybridized carbons (Fsp3) is 0.316. The first-order valence-electron chi connectivity index (χ1n) is 8.35. The highest BCUT2D eigenvalue weighted by Gasteiger charge is 2.25. The maximum absolute atomic E-state index is 12.7. The predicted molar refractivity (Wildman–Crippen MR) is 99.6 cm³/mol. The number of hydrazone groups is 1. The van der Waals surface area contributed by atoms with Gasteiger partial charge in [0.2, 0.25) is 5.91 Å². The van der Waals surface area contributed by atoms with Gasteiger partial charge in [-0.15, -0.1) is 11.3 Å². The number of hydrogen-bond donors (Lipinski definition) is 1. The zero-order chi connectivity index (χ0) is 17.8. The van der Waals surface area contributed by atoms with Gasteiger partial charge in [-0.05, 0) is 29.0 Å². The molecule has 0 aliphatic carbocycles. The summed E-state index contributed by atoms with van der Waals surface area (Å²) in [6.45, 7) is 2.12. The Morgan fingerprint density at radius 3 is 2.64 bits per heavy atom. The Labute approximate surface area is 151 Å². The lowest BCUT2D eigenvalue weighted by atomic mass is 10.0. The van der Waals surface area contributed by atoms with Crippen LogP contribution < -0.4 is 5.32 Å². The Morgan fingerprint density at radius 2 is 2.04 bits per heavy atom. The van der Waals surface area contributed by atoms with Crippen molar-refractivity contribution in [1.82, 2.24) is 10.3 Å². The zero-order valence-electron chi connectivity index (χ0n) is 14.4. The highest BCUT2D eigenvalue weighted by molar-refractivity contribution is 7.10. The Balaban J connectivity index is 1.84. The standard InChI is InChI=1S/C19H21N3O2S/c1-3-13-6-8-14(9-7-13)18(16-5-4-12-25-16)20-19(24)15-10-11-17(23)22(2)21-15/h4-9,12,18H,3,10-11H2,1-2H3,(H,20,24). The summed E-state index contributed by atoms with van der Waals surface area (Å²) in [5, 5.41) is 10.4. The van der Waals surface area contributed by atoms with Crippen LogP contribution in [0.25, 0.3) is 0 Å². The van der Waals surface area contributed by atoms with Crippen molar-refractivity contribution in [2.75, 3.05) is 7.05 Å². The van der Waals surface area contributed by atoms with Gasteiger partial charge in [-0.25, -0.2) is 5.01 Å². The SMILES string of the molecule is CCc1ccc(C(NC(=O)C2=NN(C)C(=O)CC2)c2cccs2)cc1. The van der Waals surface area contributed by atoms with Crippen molar-refractivity contribution in [2.45, 2.75) is 32.2 Å². The van der Waals surface area contributed by atoms with Gasteiger partial charge < -0.3 is 5.32 Å². The monoisotopic (exact) mass is 355 g/mol. The first-order valence-corrected chi connectivity index (χ1v) is 9.23. The second kappa shape index (κ2) is 7.61. The van der Waals surface area contributed by atoms with Crippen molar-refractivity contribution >= 4 is 28.9 Å². The minimum Gasteiger partial charge on any atom is -0.339 e. The molecule has 2 heterocycles. The van der Waals surface area contributed by atoms with Gasteiger partial charge >= 0.3 is 0 Å². The fourth-order valence-corrected chi connectivity index (χ4v) is 3.57. The van der Waals surface area contributed by atoms with Crippen LogP contribution in [-0.4, -0.2) is 29.6 Å². The minimum atomic E-state index is -0.225. The molecule has 1 aromatic heterocycles. The normalized spacial score (nSPS) is 15.7. The molecular weight excluding hydrogens is 334 g/mol. The van der Waals surface area contributed by atoms with Crippen LogP contribution in [0, 0.1) is 0 Å². The number of nitrogens with zero attached hydrogens (tertiary/aromatic N) is 2. The molecule has 0 saturated carbocycles. The van der Waals surface area contributed by atoms with Crippen molar-refractivity contribution in [3.63, 3.8) is 0 Å². The Kier molecular flexibility index (Phi) is 5.28. The van der Waals surface area contributed by atoms with Crippen LogP contribution in [0.1, 0.15) is 41.8 Å². The molecule has 0 fully saturated rings. The summed E-state index contributed by atoms with van der Waals surface area (Å²) in [4.78, 5) is 25.3. The molecule has 0 spiro atoms. The van der Waals surface area contributed by atoms with E-state index in [0.29, 0.717) is 18.6 Å². The van der Waals surface area contributed by atoms with E-state index in [1.54, 1.807) is 18.4 Å². The maximum Gasteiger partial charge on any atom is 0.268 e. The topological polar surface area (TPSA) is 61.8 Å². The molecule has 25 heavy (non-hydrogen) atoms. The molecule has 3 rings (SSSR count). The lowest BCUT2D eigenvalue weighted by molar-refractivity contribution is -0.130. The molecule has 1 aliphatic rings. The Morgan fingerprint density at radius 1 is 1.28 bits per heavy atom. The molecule has 130 valence electrons. The molecule has 1 unspecified atom stereocenters. The third-order valence-electron chi connectivity index (χ3n) is 4.29. The van der Waals surface area contributed by atoms with Crippen molar-refractivity contribution in [2.24, 2.45) is 5.10 Å². The van der Waals surface area contributed by atoms with Crippen molar-refractivity contribution in [3.8, 4) is 0 Å². The molecule has 1 aliphatic heterocycles. The van der Waals surface area contributed by atoms with E-state index in [1.165, 1.54) is 10.6 Å². The number of nitrogens with one attached hydrogen (secondary N) is 1. The fourth-order valence-electron chi connectivity index (χ4n) is 2.77. The number of thiophene rings is 1. The van der Waals surface area contributed by atoms with Crippen LogP contribution in [0.2, 0.25) is 0 Å². The van der Waals surface area contributed by atoms with E-state index < -0.39 is 0 Å². The van der Waals surface area contributed by atoms with E-state index >= 15 is 0 Å². The van der Waals surface area contributed by atoms with E-state index in [0.717, 1.165) is 16.9 Å². The highest BCUT2D eigenvalue weighted by Crippen LogP contribution is 2.26. The average Bonchev–Trinajstić information content (AvgIpc) is 3.16. The lowest BCUT2D eigenvalue weighted by Crippen LogP contribution is -2.39. The molecular formula is C19H21N3O2S. The summed E-state index contributed by atoms with van der Waals surface area (Å²) in [6.07, 6.45) is 1.67. The molecule has 0 saturated heterocycles. The summed E-state index contributed by atoms with van der Waals surface area (Å²) >= 11 is 1.61. The van der Waals surface area contributed by atoms with Crippen molar-refractivity contribution in [3.05, 3.63) is 57.8 Å². The van der Waals surface area contributed by atoms with Gasteiger partial charge in [0, 0.05) is 24.8 Å². The second-order valence-electron chi connectivity index (χ2n) is 5.98. The molecule has 1 aromatic carbocycles. The third kappa shape index (κ3) is 3.96. The quantitative estimate of drug-likeness (QED) is 0.896. The van der Waals surface area contributed by atoms with Crippen LogP contribution in [0.15, 0.2) is 46.9 Å². The largest absolute Gasteiger partial charge is 0.339 e. The summed E-state index contributed by atoms with van der Waals surface area (Å²) in [5.74, 6) is -0.293. The van der Waals surface area contributed by atoms with E-state index in [2.05, 4.69) is 41.6 Å². The number of aryl methyl sites for hydroxylation is 1. The van der Waals surface area contributed by atoms with Gasteiger partial charge in [-0.1, -0.05) is 37.3 Å². The van der Waals surface area contributed by atoms with E-state index in [1.807, 2.05) is 17.5 Å². The predicted octanol–water partition coefficient (Wildman–Crippen LogP) is 3.12. The van der Waals surface area contributed by atoms with Crippen molar-refractivity contribution in [1.29, 1.82) is 0 Å². The highest BCUT2D eigenvalue weighted by atomic mass is 32.1. The smallest absolute Gasteiger partial charge is 0.268 e. The molecule has 1 atom stereocenters. The maximum atomic E-state index is 12.7. The van der Waals surface area contributed by atoms with Crippen LogP contribution in [0.3, 0.4) is 0 Å². The molecule has 1 N–H and O–H groups in total. The Bertz CT molecular complexity index is 782. The van der Waals surface area contributed by atoms with Crippen molar-refractivity contribution < 1.29 is 9.59 Å². The van der Waals surface area contributed by atoms with Crippen LogP contribution in [0.5, 0.6) is 0 Å². The summed E-state index contributed by atoms with van der Waals surface area (Å²) in [5.41, 5.74) is 2.69. The summed E-state index contributed by atoms with van der Waals surface area (Å²) in [6, 6.07) is 12.1. The van der Waals surface area contributed by atoms with Gasteiger partial charge in [0.1, 0.15) is 5.71 Å². The summed E-state index contributed by atoms with van der Waals surface area (Å²) < 4.78 is 0. The molecule has 6 heteroatoms. The first-order chi connectivity index (χ1) is 12.1. The number of carbonyl (C=O) groups is 2. The number of carbonyl (C=O) groups excluding carboxylic acids is 2. The van der Waals surface area contributed by atoms with Gasteiger partial charge in [0.25, 0.3) is 5.91 Å². The second-order valence-corrected chi connectivity index (χ2v) is 6.96. The Hall–Kier alpha value is -2.47. The van der Waals surface area contributed by atoms with E-state index in [4.69, 9.17) is 0 Å². The number of amides is 2. The lowest BCUT2D eigenvalue weighted by Gasteiger charge is -2.22. The molecule has 5 nitrogen and oxygen atoms in total. The first kappa shape index (κ1) is 17.4. The number of benzene rings is 1. The molecule has 0 bridgehead atoms. The third-order valence-corrected chi connectivity index (χ3v) is 5.23. The van der Waals surface area contributed by atoms with E-state index in [9.17, 15) is 9.59 Å². The van der Waals surface area contributed by atoms with E-state index in [-0.39, 0.29) is 17.9 Å². The number of hydrogen-bond acceptors (Lipinski definition) is 4. The minimum absolute atomic E-state index is 0.0680. The van der Waals surface area contributed by atoms with Crippen LogP contribution in [0.4, 0.5) is 0 Å². The summed E-state index contributed by atoms with van der Waals surface area (Å²) in [7, 11) is 1.58. The van der Waals surface area contributed by atoms with Gasteiger partial charge in [-0.2, -0.15) is 5.10 Å². The number of rotatable bonds is 5. The molecule has 2 amide bonds. The molecule has 0 radical (unpaired) electrons.